The van der Waals surface area contributed by atoms with Crippen molar-refractivity contribution in [2.45, 2.75) is 11.4 Å². The Labute approximate surface area is 115 Å². The van der Waals surface area contributed by atoms with E-state index in [0.29, 0.717) is 6.54 Å². The SMILES string of the molecule is NC(=O)CSc1ccccc1NCc1cnccn1. The summed E-state index contributed by atoms with van der Waals surface area (Å²) in [6, 6.07) is 7.77. The highest BCUT2D eigenvalue weighted by Crippen LogP contribution is 2.26. The number of benzene rings is 1. The van der Waals surface area contributed by atoms with Crippen LogP contribution in [0.4, 0.5) is 5.69 Å². The van der Waals surface area contributed by atoms with Crippen molar-refractivity contribution in [3.8, 4) is 0 Å². The number of carbonyl (C=O) groups excluding carboxylic acids is 1. The van der Waals surface area contributed by atoms with Gasteiger partial charge in [0.25, 0.3) is 0 Å². The van der Waals surface area contributed by atoms with Crippen LogP contribution in [0.25, 0.3) is 0 Å². The van der Waals surface area contributed by atoms with Crippen LogP contribution >= 0.6 is 11.8 Å². The summed E-state index contributed by atoms with van der Waals surface area (Å²) in [5.74, 6) is -0.0576. The molecule has 0 aliphatic heterocycles. The molecule has 3 N–H and O–H groups in total. The Kier molecular flexibility index (Phi) is 4.74. The Morgan fingerprint density at radius 3 is 2.89 bits per heavy atom. The molecule has 0 unspecified atom stereocenters. The zero-order chi connectivity index (χ0) is 13.5. The summed E-state index contributed by atoms with van der Waals surface area (Å²) in [7, 11) is 0. The van der Waals surface area contributed by atoms with Gasteiger partial charge in [0.2, 0.25) is 5.91 Å². The van der Waals surface area contributed by atoms with Crippen molar-refractivity contribution in [3.05, 3.63) is 48.5 Å². The molecule has 1 aromatic carbocycles. The fourth-order valence-electron chi connectivity index (χ4n) is 1.49. The van der Waals surface area contributed by atoms with Crippen LogP contribution in [0, 0.1) is 0 Å². The molecule has 1 amide bonds. The minimum atomic E-state index is -0.325. The third-order valence-corrected chi connectivity index (χ3v) is 3.43. The first-order valence-electron chi connectivity index (χ1n) is 5.74. The molecule has 0 bridgehead atoms. The summed E-state index contributed by atoms with van der Waals surface area (Å²) in [5.41, 5.74) is 6.97. The van der Waals surface area contributed by atoms with E-state index in [-0.39, 0.29) is 11.7 Å². The molecule has 0 spiro atoms. The summed E-state index contributed by atoms with van der Waals surface area (Å²) in [6.07, 6.45) is 5.01. The maximum Gasteiger partial charge on any atom is 0.227 e. The molecule has 0 aliphatic carbocycles. The van der Waals surface area contributed by atoms with Crippen LogP contribution < -0.4 is 11.1 Å². The number of nitrogens with two attached hydrogens (primary N) is 1. The number of hydrogen-bond donors (Lipinski definition) is 2. The molecule has 5 nitrogen and oxygen atoms in total. The zero-order valence-corrected chi connectivity index (χ0v) is 11.1. The molecular weight excluding hydrogens is 260 g/mol. The van der Waals surface area contributed by atoms with E-state index >= 15 is 0 Å². The van der Waals surface area contributed by atoms with Gasteiger partial charge in [-0.05, 0) is 12.1 Å². The summed E-state index contributed by atoms with van der Waals surface area (Å²) in [6.45, 7) is 0.585. The predicted molar refractivity (Wildman–Crippen MR) is 75.7 cm³/mol. The normalized spacial score (nSPS) is 10.1. The van der Waals surface area contributed by atoms with E-state index in [1.165, 1.54) is 11.8 Å². The van der Waals surface area contributed by atoms with Crippen LogP contribution in [0.2, 0.25) is 0 Å². The number of nitrogens with zero attached hydrogens (tertiary/aromatic N) is 2. The lowest BCUT2D eigenvalue weighted by Gasteiger charge is -2.10. The summed E-state index contributed by atoms with van der Waals surface area (Å²) in [5, 5.41) is 3.28. The van der Waals surface area contributed by atoms with Crippen LogP contribution in [0.5, 0.6) is 0 Å². The van der Waals surface area contributed by atoms with Crippen molar-refractivity contribution < 1.29 is 4.79 Å². The molecule has 0 fully saturated rings. The van der Waals surface area contributed by atoms with Gasteiger partial charge in [-0.25, -0.2) is 0 Å². The minimum absolute atomic E-state index is 0.268. The molecule has 0 radical (unpaired) electrons. The number of primary amides is 1. The van der Waals surface area contributed by atoms with Gasteiger partial charge in [0.1, 0.15) is 0 Å². The van der Waals surface area contributed by atoms with Crippen LogP contribution in [-0.2, 0) is 11.3 Å². The highest BCUT2D eigenvalue weighted by Gasteiger charge is 2.04. The van der Waals surface area contributed by atoms with E-state index in [4.69, 9.17) is 5.73 Å². The number of amides is 1. The fourth-order valence-corrected chi connectivity index (χ4v) is 2.26. The molecule has 0 saturated carbocycles. The van der Waals surface area contributed by atoms with Crippen molar-refractivity contribution in [1.82, 2.24) is 9.97 Å². The van der Waals surface area contributed by atoms with Crippen LogP contribution in [0.15, 0.2) is 47.8 Å². The van der Waals surface area contributed by atoms with Gasteiger partial charge >= 0.3 is 0 Å². The first kappa shape index (κ1) is 13.4. The number of anilines is 1. The largest absolute Gasteiger partial charge is 0.378 e. The van der Waals surface area contributed by atoms with E-state index in [2.05, 4.69) is 15.3 Å². The van der Waals surface area contributed by atoms with Crippen molar-refractivity contribution in [3.63, 3.8) is 0 Å². The Morgan fingerprint density at radius 1 is 1.32 bits per heavy atom. The maximum atomic E-state index is 10.8. The monoisotopic (exact) mass is 274 g/mol. The molecule has 19 heavy (non-hydrogen) atoms. The first-order valence-corrected chi connectivity index (χ1v) is 6.73. The van der Waals surface area contributed by atoms with Crippen molar-refractivity contribution in [1.29, 1.82) is 0 Å². The maximum absolute atomic E-state index is 10.8. The Bertz CT molecular complexity index is 547. The molecule has 98 valence electrons. The third-order valence-electron chi connectivity index (χ3n) is 2.33. The second-order valence-electron chi connectivity index (χ2n) is 3.80. The van der Waals surface area contributed by atoms with E-state index in [9.17, 15) is 4.79 Å². The molecule has 2 rings (SSSR count). The molecule has 0 saturated heterocycles. The first-order chi connectivity index (χ1) is 9.25. The molecule has 0 aliphatic rings. The Hall–Kier alpha value is -2.08. The van der Waals surface area contributed by atoms with E-state index in [1.54, 1.807) is 18.6 Å². The second-order valence-corrected chi connectivity index (χ2v) is 4.82. The Morgan fingerprint density at radius 2 is 2.16 bits per heavy atom. The minimum Gasteiger partial charge on any atom is -0.378 e. The molecule has 1 heterocycles. The number of nitrogens with one attached hydrogen (secondary N) is 1. The van der Waals surface area contributed by atoms with E-state index in [1.807, 2.05) is 24.3 Å². The number of aromatic nitrogens is 2. The van der Waals surface area contributed by atoms with Gasteiger partial charge in [-0.1, -0.05) is 12.1 Å². The van der Waals surface area contributed by atoms with Gasteiger partial charge < -0.3 is 11.1 Å². The summed E-state index contributed by atoms with van der Waals surface area (Å²) in [4.78, 5) is 20.0. The lowest BCUT2D eigenvalue weighted by molar-refractivity contribution is -0.115. The Balaban J connectivity index is 2.01. The number of para-hydroxylation sites is 1. The van der Waals surface area contributed by atoms with E-state index in [0.717, 1.165) is 16.3 Å². The highest BCUT2D eigenvalue weighted by atomic mass is 32.2. The average Bonchev–Trinajstić information content (AvgIpc) is 2.45. The quantitative estimate of drug-likeness (QED) is 0.783. The fraction of sp³-hybridized carbons (Fsp3) is 0.154. The van der Waals surface area contributed by atoms with Crippen LogP contribution in [0.3, 0.4) is 0 Å². The molecule has 1 aromatic heterocycles. The summed E-state index contributed by atoms with van der Waals surface area (Å²) >= 11 is 1.42. The number of rotatable bonds is 6. The highest BCUT2D eigenvalue weighted by molar-refractivity contribution is 8.00. The van der Waals surface area contributed by atoms with Crippen molar-refractivity contribution in [2.24, 2.45) is 5.73 Å². The summed E-state index contributed by atoms with van der Waals surface area (Å²) < 4.78 is 0. The van der Waals surface area contributed by atoms with Gasteiger partial charge in [0.05, 0.1) is 24.2 Å². The standard InChI is InChI=1S/C13H14N4OS/c14-13(18)9-19-12-4-2-1-3-11(12)17-8-10-7-15-5-6-16-10/h1-7,17H,8-9H2,(H2,14,18). The van der Waals surface area contributed by atoms with E-state index < -0.39 is 0 Å². The van der Waals surface area contributed by atoms with Gasteiger partial charge in [0.15, 0.2) is 0 Å². The van der Waals surface area contributed by atoms with Crippen molar-refractivity contribution >= 4 is 23.4 Å². The van der Waals surface area contributed by atoms with Crippen LogP contribution in [0.1, 0.15) is 5.69 Å². The van der Waals surface area contributed by atoms with Gasteiger partial charge in [0, 0.05) is 23.0 Å². The smallest absolute Gasteiger partial charge is 0.227 e. The zero-order valence-electron chi connectivity index (χ0n) is 10.2. The number of carbonyl (C=O) groups is 1. The second kappa shape index (κ2) is 6.75. The number of hydrogen-bond acceptors (Lipinski definition) is 5. The lowest BCUT2D eigenvalue weighted by atomic mass is 10.3. The molecule has 0 atom stereocenters. The van der Waals surface area contributed by atoms with Gasteiger partial charge in [-0.15, -0.1) is 11.8 Å². The van der Waals surface area contributed by atoms with Gasteiger partial charge in [-0.2, -0.15) is 0 Å². The number of thioether (sulfide) groups is 1. The van der Waals surface area contributed by atoms with Crippen molar-refractivity contribution in [2.75, 3.05) is 11.1 Å². The molecule has 2 aromatic rings. The predicted octanol–water partition coefficient (Wildman–Crippen LogP) is 1.67. The van der Waals surface area contributed by atoms with Gasteiger partial charge in [-0.3, -0.25) is 14.8 Å². The molecular formula is C13H14N4OS. The lowest BCUT2D eigenvalue weighted by Crippen LogP contribution is -2.13. The topological polar surface area (TPSA) is 80.9 Å². The van der Waals surface area contributed by atoms with Crippen LogP contribution in [-0.4, -0.2) is 21.6 Å². The average molecular weight is 274 g/mol. The third kappa shape index (κ3) is 4.26. The molecule has 6 heteroatoms.